The standard InChI is InChI=1S/C4H4N2OSe/c5-3-7-2-1-6-4-8/h1-2H2. The summed E-state index contributed by atoms with van der Waals surface area (Å²) in [5.74, 6) is 0. The van der Waals surface area contributed by atoms with Crippen LogP contribution in [0.2, 0.25) is 0 Å². The van der Waals surface area contributed by atoms with Crippen molar-refractivity contribution < 1.29 is 4.74 Å². The molecule has 0 spiro atoms. The molecule has 0 radical (unpaired) electrons. The monoisotopic (exact) mass is 176 g/mol. The minimum absolute atomic E-state index is 0.338. The Hall–Kier alpha value is -0.611. The summed E-state index contributed by atoms with van der Waals surface area (Å²) in [6, 6.07) is 0. The second-order valence-electron chi connectivity index (χ2n) is 0.913. The fraction of sp³-hybridized carbons (Fsp3) is 0.500. The molecule has 0 amide bonds. The molecule has 3 nitrogen and oxygen atoms in total. The van der Waals surface area contributed by atoms with Crippen molar-refractivity contribution >= 4 is 20.3 Å². The van der Waals surface area contributed by atoms with Crippen molar-refractivity contribution in [3.63, 3.8) is 0 Å². The van der Waals surface area contributed by atoms with E-state index in [2.05, 4.69) is 30.0 Å². The SMILES string of the molecule is N#COCCN=C=[Se]. The predicted molar refractivity (Wildman–Crippen MR) is 29.6 cm³/mol. The molecule has 8 heavy (non-hydrogen) atoms. The minimum atomic E-state index is 0.338. The maximum atomic E-state index is 7.82. The van der Waals surface area contributed by atoms with Crippen LogP contribution in [0.1, 0.15) is 0 Å². The third kappa shape index (κ3) is 5.39. The molecule has 0 aliphatic rings. The van der Waals surface area contributed by atoms with Crippen molar-refractivity contribution in [1.82, 2.24) is 0 Å². The van der Waals surface area contributed by atoms with E-state index in [0.29, 0.717) is 13.2 Å². The molecule has 0 rings (SSSR count). The summed E-state index contributed by atoms with van der Waals surface area (Å²) in [4.78, 5) is 3.63. The van der Waals surface area contributed by atoms with Gasteiger partial charge in [-0.15, -0.1) is 0 Å². The van der Waals surface area contributed by atoms with Gasteiger partial charge >= 0.3 is 54.7 Å². The van der Waals surface area contributed by atoms with E-state index in [1.807, 2.05) is 0 Å². The number of aliphatic imine (C=N–C) groups is 1. The summed E-state index contributed by atoms with van der Waals surface area (Å²) < 4.78 is 6.73. The Labute approximate surface area is 55.3 Å². The fourth-order valence-electron chi connectivity index (χ4n) is 0.183. The molecule has 0 aromatic heterocycles. The van der Waals surface area contributed by atoms with E-state index >= 15 is 0 Å². The van der Waals surface area contributed by atoms with Crippen molar-refractivity contribution in [2.75, 3.05) is 13.2 Å². The summed E-state index contributed by atoms with van der Waals surface area (Å²) in [6.07, 6.45) is 1.53. The summed E-state index contributed by atoms with van der Waals surface area (Å²) >= 11 is 2.46. The summed E-state index contributed by atoms with van der Waals surface area (Å²) in [5, 5.41) is 7.82. The van der Waals surface area contributed by atoms with Crippen molar-refractivity contribution in [1.29, 1.82) is 5.26 Å². The van der Waals surface area contributed by atoms with Gasteiger partial charge in [-0.3, -0.25) is 0 Å². The van der Waals surface area contributed by atoms with E-state index in [1.54, 1.807) is 0 Å². The Morgan fingerprint density at radius 1 is 1.75 bits per heavy atom. The van der Waals surface area contributed by atoms with Crippen LogP contribution in [-0.2, 0) is 4.74 Å². The van der Waals surface area contributed by atoms with Crippen LogP contribution in [0.3, 0.4) is 0 Å². The first-order chi connectivity index (χ1) is 3.91. The van der Waals surface area contributed by atoms with Gasteiger partial charge in [-0.2, -0.15) is 0 Å². The van der Waals surface area contributed by atoms with Gasteiger partial charge in [0.2, 0.25) is 0 Å². The van der Waals surface area contributed by atoms with Crippen LogP contribution in [0, 0.1) is 11.5 Å². The van der Waals surface area contributed by atoms with Gasteiger partial charge in [-0.1, -0.05) is 0 Å². The Morgan fingerprint density at radius 2 is 2.50 bits per heavy atom. The number of nitrogens with zero attached hydrogens (tertiary/aromatic N) is 2. The molecule has 0 unspecified atom stereocenters. The van der Waals surface area contributed by atoms with Crippen LogP contribution in [-0.4, -0.2) is 33.4 Å². The molecule has 42 valence electrons. The molecule has 0 fully saturated rings. The molecule has 0 aromatic rings. The second-order valence-corrected chi connectivity index (χ2v) is 1.30. The van der Waals surface area contributed by atoms with Crippen molar-refractivity contribution in [2.45, 2.75) is 0 Å². The Kier molecular flexibility index (Phi) is 5.90. The third-order valence-electron chi connectivity index (χ3n) is 0.434. The molecule has 0 aliphatic heterocycles. The van der Waals surface area contributed by atoms with Gasteiger partial charge in [-0.25, -0.2) is 0 Å². The number of rotatable bonds is 3. The first-order valence-electron chi connectivity index (χ1n) is 1.96. The zero-order chi connectivity index (χ0) is 6.24. The zero-order valence-corrected chi connectivity index (χ0v) is 5.84. The van der Waals surface area contributed by atoms with E-state index in [-0.39, 0.29) is 0 Å². The zero-order valence-electron chi connectivity index (χ0n) is 4.13. The second kappa shape index (κ2) is 6.39. The van der Waals surface area contributed by atoms with Gasteiger partial charge in [-0.05, 0) is 0 Å². The van der Waals surface area contributed by atoms with Crippen molar-refractivity contribution in [3.8, 4) is 6.26 Å². The number of nitriles is 1. The molecule has 0 heterocycles. The van der Waals surface area contributed by atoms with Gasteiger partial charge in [0.1, 0.15) is 0 Å². The van der Waals surface area contributed by atoms with E-state index in [9.17, 15) is 0 Å². The van der Waals surface area contributed by atoms with E-state index in [1.165, 1.54) is 6.26 Å². The predicted octanol–water partition coefficient (Wildman–Crippen LogP) is -0.442. The van der Waals surface area contributed by atoms with Crippen molar-refractivity contribution in [2.24, 2.45) is 4.99 Å². The van der Waals surface area contributed by atoms with Gasteiger partial charge in [0.15, 0.2) is 0 Å². The normalized spacial score (nSPS) is 6.38. The molecular weight excluding hydrogens is 171 g/mol. The quantitative estimate of drug-likeness (QED) is 0.252. The Balaban J connectivity index is 2.96. The van der Waals surface area contributed by atoms with Gasteiger partial charge in [0, 0.05) is 0 Å². The molecular formula is C4H4N2OSe. The molecule has 0 aromatic carbocycles. The molecule has 0 saturated heterocycles. The molecule has 4 heteroatoms. The fourth-order valence-corrected chi connectivity index (χ4v) is 0.374. The van der Waals surface area contributed by atoms with Crippen LogP contribution < -0.4 is 0 Å². The van der Waals surface area contributed by atoms with Crippen molar-refractivity contribution in [3.05, 3.63) is 0 Å². The van der Waals surface area contributed by atoms with Crippen LogP contribution >= 0.6 is 0 Å². The van der Waals surface area contributed by atoms with Crippen LogP contribution in [0.4, 0.5) is 0 Å². The van der Waals surface area contributed by atoms with E-state index < -0.39 is 0 Å². The van der Waals surface area contributed by atoms with E-state index in [0.717, 1.165) is 0 Å². The number of hydrogen-bond acceptors (Lipinski definition) is 3. The Morgan fingerprint density at radius 3 is 3.00 bits per heavy atom. The maximum absolute atomic E-state index is 7.82. The van der Waals surface area contributed by atoms with Crippen LogP contribution in [0.5, 0.6) is 0 Å². The third-order valence-corrected chi connectivity index (χ3v) is 0.705. The molecule has 0 N–H and O–H groups in total. The van der Waals surface area contributed by atoms with Crippen LogP contribution in [0.25, 0.3) is 0 Å². The van der Waals surface area contributed by atoms with Crippen LogP contribution in [0.15, 0.2) is 4.99 Å². The first kappa shape index (κ1) is 7.39. The summed E-state index contributed by atoms with van der Waals surface area (Å²) in [5.41, 5.74) is 0. The first-order valence-corrected chi connectivity index (χ1v) is 2.82. The Bertz CT molecular complexity index is 133. The molecule has 0 saturated carbocycles. The molecule has 0 bridgehead atoms. The average Bonchev–Trinajstić information content (AvgIpc) is 1.81. The molecule has 0 aliphatic carbocycles. The number of ether oxygens (including phenoxy) is 1. The summed E-state index contributed by atoms with van der Waals surface area (Å²) in [7, 11) is 0. The molecule has 0 atom stereocenters. The van der Waals surface area contributed by atoms with Gasteiger partial charge < -0.3 is 0 Å². The topological polar surface area (TPSA) is 45.4 Å². The number of hydrogen-bond donors (Lipinski definition) is 0. The summed E-state index contributed by atoms with van der Waals surface area (Å²) in [6.45, 7) is 0.825. The van der Waals surface area contributed by atoms with Gasteiger partial charge in [0.05, 0.1) is 0 Å². The average molecular weight is 175 g/mol. The van der Waals surface area contributed by atoms with E-state index in [4.69, 9.17) is 5.26 Å². The van der Waals surface area contributed by atoms with Gasteiger partial charge in [0.25, 0.3) is 0 Å².